The van der Waals surface area contributed by atoms with Crippen LogP contribution in [0.2, 0.25) is 0 Å². The van der Waals surface area contributed by atoms with E-state index in [0.717, 1.165) is 11.1 Å². The average molecular weight is 314 g/mol. The summed E-state index contributed by atoms with van der Waals surface area (Å²) in [6.07, 6.45) is 3.90. The molecule has 6 nitrogen and oxygen atoms in total. The molecular formula is C17H22N4O2. The minimum Gasteiger partial charge on any atom is -0.370 e. The molecule has 23 heavy (non-hydrogen) atoms. The topological polar surface area (TPSA) is 73.4 Å². The van der Waals surface area contributed by atoms with Crippen molar-refractivity contribution in [2.24, 2.45) is 12.8 Å². The fraction of sp³-hybridized carbons (Fsp3) is 0.412. The molecule has 6 heteroatoms. The first kappa shape index (κ1) is 15.7. The van der Waals surface area contributed by atoms with Crippen molar-refractivity contribution in [2.45, 2.75) is 18.6 Å². The van der Waals surface area contributed by atoms with Crippen molar-refractivity contribution in [1.82, 2.24) is 14.7 Å². The number of morpholine rings is 1. The zero-order valence-electron chi connectivity index (χ0n) is 13.3. The molecule has 0 spiro atoms. The van der Waals surface area contributed by atoms with E-state index in [1.54, 1.807) is 10.9 Å². The van der Waals surface area contributed by atoms with Gasteiger partial charge in [0.2, 0.25) is 5.91 Å². The van der Waals surface area contributed by atoms with Gasteiger partial charge in [-0.1, -0.05) is 30.3 Å². The van der Waals surface area contributed by atoms with Crippen LogP contribution in [0.1, 0.15) is 29.7 Å². The second-order valence-corrected chi connectivity index (χ2v) is 5.87. The van der Waals surface area contributed by atoms with E-state index in [0.29, 0.717) is 26.1 Å². The molecular weight excluding hydrogens is 292 g/mol. The number of aryl methyl sites for hydroxylation is 1. The number of benzene rings is 1. The van der Waals surface area contributed by atoms with Crippen molar-refractivity contribution >= 4 is 5.91 Å². The van der Waals surface area contributed by atoms with E-state index in [1.807, 2.05) is 48.5 Å². The Hall–Kier alpha value is -2.18. The molecule has 0 saturated carbocycles. The average Bonchev–Trinajstić information content (AvgIpc) is 3.02. The molecule has 1 saturated heterocycles. The molecule has 0 bridgehead atoms. The third kappa shape index (κ3) is 3.78. The molecule has 122 valence electrons. The lowest BCUT2D eigenvalue weighted by molar-refractivity contribution is -0.139. The van der Waals surface area contributed by atoms with Crippen molar-refractivity contribution in [1.29, 1.82) is 0 Å². The van der Waals surface area contributed by atoms with Crippen LogP contribution >= 0.6 is 0 Å². The van der Waals surface area contributed by atoms with Gasteiger partial charge in [0.25, 0.3) is 0 Å². The molecule has 2 aromatic rings. The first-order chi connectivity index (χ1) is 11.1. The van der Waals surface area contributed by atoms with Gasteiger partial charge >= 0.3 is 0 Å². The van der Waals surface area contributed by atoms with Crippen molar-refractivity contribution in [2.75, 3.05) is 19.7 Å². The molecule has 2 heterocycles. The summed E-state index contributed by atoms with van der Waals surface area (Å²) in [6.45, 7) is 1.69. The molecule has 1 aliphatic rings. The number of carbonyl (C=O) groups excluding carboxylic acids is 1. The highest BCUT2D eigenvalue weighted by Gasteiger charge is 2.27. The first-order valence-electron chi connectivity index (χ1n) is 7.82. The minimum absolute atomic E-state index is 0.0681. The summed E-state index contributed by atoms with van der Waals surface area (Å²) in [6, 6.07) is 9.45. The van der Waals surface area contributed by atoms with Crippen LogP contribution in [-0.2, 0) is 16.6 Å². The molecule has 2 unspecified atom stereocenters. The minimum atomic E-state index is -0.275. The molecule has 0 aliphatic carbocycles. The summed E-state index contributed by atoms with van der Waals surface area (Å²) < 4.78 is 7.51. The number of rotatable bonds is 4. The Bertz CT molecular complexity index is 656. The molecule has 1 fully saturated rings. The summed E-state index contributed by atoms with van der Waals surface area (Å²) in [5, 5.41) is 4.16. The maximum absolute atomic E-state index is 12.5. The van der Waals surface area contributed by atoms with Crippen LogP contribution in [0.5, 0.6) is 0 Å². The Morgan fingerprint density at radius 1 is 1.43 bits per heavy atom. The summed E-state index contributed by atoms with van der Waals surface area (Å²) in [5.41, 5.74) is 8.14. The van der Waals surface area contributed by atoms with E-state index in [-0.39, 0.29) is 18.1 Å². The summed E-state index contributed by atoms with van der Waals surface area (Å²) >= 11 is 0. The molecule has 1 aliphatic heterocycles. The van der Waals surface area contributed by atoms with Crippen molar-refractivity contribution < 1.29 is 9.53 Å². The molecule has 2 atom stereocenters. The molecule has 0 radical (unpaired) electrons. The molecule has 3 rings (SSSR count). The van der Waals surface area contributed by atoms with Gasteiger partial charge in [0.1, 0.15) is 6.10 Å². The number of carbonyl (C=O) groups is 1. The number of hydrogen-bond donors (Lipinski definition) is 1. The molecule has 2 N–H and O–H groups in total. The van der Waals surface area contributed by atoms with Crippen LogP contribution in [0, 0.1) is 0 Å². The Balaban J connectivity index is 1.61. The predicted octanol–water partition coefficient (Wildman–Crippen LogP) is 1.41. The summed E-state index contributed by atoms with van der Waals surface area (Å²) in [4.78, 5) is 14.4. The van der Waals surface area contributed by atoms with Crippen LogP contribution in [0.25, 0.3) is 0 Å². The Morgan fingerprint density at radius 3 is 2.91 bits per heavy atom. The summed E-state index contributed by atoms with van der Waals surface area (Å²) in [7, 11) is 1.87. The van der Waals surface area contributed by atoms with Crippen molar-refractivity contribution in [3.63, 3.8) is 0 Å². The van der Waals surface area contributed by atoms with Crippen LogP contribution in [0.4, 0.5) is 0 Å². The van der Waals surface area contributed by atoms with Gasteiger partial charge in [0.05, 0.1) is 19.3 Å². The van der Waals surface area contributed by atoms with Gasteiger partial charge in [-0.25, -0.2) is 0 Å². The Morgan fingerprint density at radius 2 is 2.22 bits per heavy atom. The van der Waals surface area contributed by atoms with Gasteiger partial charge in [-0.2, -0.15) is 5.10 Å². The molecule has 1 aromatic carbocycles. The first-order valence-corrected chi connectivity index (χ1v) is 7.82. The van der Waals surface area contributed by atoms with Crippen LogP contribution < -0.4 is 5.73 Å². The monoisotopic (exact) mass is 314 g/mol. The van der Waals surface area contributed by atoms with Crippen molar-refractivity contribution in [3.05, 3.63) is 53.9 Å². The predicted molar refractivity (Wildman–Crippen MR) is 86.5 cm³/mol. The van der Waals surface area contributed by atoms with Crippen LogP contribution in [0.3, 0.4) is 0 Å². The zero-order chi connectivity index (χ0) is 16.2. The third-order valence-electron chi connectivity index (χ3n) is 4.14. The lowest BCUT2D eigenvalue weighted by Crippen LogP contribution is -2.43. The summed E-state index contributed by atoms with van der Waals surface area (Å²) in [5.74, 6) is 0.0681. The number of nitrogens with two attached hydrogens (primary N) is 1. The van der Waals surface area contributed by atoms with Gasteiger partial charge in [-0.15, -0.1) is 0 Å². The van der Waals surface area contributed by atoms with Crippen LogP contribution in [-0.4, -0.2) is 40.3 Å². The zero-order valence-corrected chi connectivity index (χ0v) is 13.3. The lowest BCUT2D eigenvalue weighted by Gasteiger charge is -2.33. The van der Waals surface area contributed by atoms with Gasteiger partial charge in [0, 0.05) is 37.8 Å². The highest BCUT2D eigenvalue weighted by molar-refractivity contribution is 5.77. The van der Waals surface area contributed by atoms with Gasteiger partial charge in [-0.3, -0.25) is 9.48 Å². The number of aromatic nitrogens is 2. The van der Waals surface area contributed by atoms with E-state index in [1.165, 1.54) is 0 Å². The molecule has 1 aromatic heterocycles. The number of amides is 1. The highest BCUT2D eigenvalue weighted by atomic mass is 16.5. The third-order valence-corrected chi connectivity index (χ3v) is 4.14. The quantitative estimate of drug-likeness (QED) is 0.926. The number of nitrogens with zero attached hydrogens (tertiary/aromatic N) is 3. The normalized spacial score (nSPS) is 19.6. The maximum Gasteiger partial charge on any atom is 0.224 e. The van der Waals surface area contributed by atoms with E-state index < -0.39 is 0 Å². The largest absolute Gasteiger partial charge is 0.370 e. The lowest BCUT2D eigenvalue weighted by atomic mass is 10.0. The van der Waals surface area contributed by atoms with Gasteiger partial charge in [0.15, 0.2) is 0 Å². The highest BCUT2D eigenvalue weighted by Crippen LogP contribution is 2.23. The van der Waals surface area contributed by atoms with E-state index in [2.05, 4.69) is 5.10 Å². The van der Waals surface area contributed by atoms with E-state index in [9.17, 15) is 4.79 Å². The van der Waals surface area contributed by atoms with E-state index >= 15 is 0 Å². The van der Waals surface area contributed by atoms with E-state index in [4.69, 9.17) is 10.5 Å². The standard InChI is InChI=1S/C17H22N4O2/c1-20-11-14(10-19-20)16-12-21(7-8-23-16)17(22)9-15(18)13-5-3-2-4-6-13/h2-6,10-11,15-16H,7-9,12,18H2,1H3. The molecule has 1 amide bonds. The van der Waals surface area contributed by atoms with Crippen molar-refractivity contribution in [3.8, 4) is 0 Å². The fourth-order valence-corrected chi connectivity index (χ4v) is 2.82. The van der Waals surface area contributed by atoms with Gasteiger partial charge in [-0.05, 0) is 5.56 Å². The number of hydrogen-bond acceptors (Lipinski definition) is 4. The Kier molecular flexibility index (Phi) is 4.73. The second kappa shape index (κ2) is 6.93. The SMILES string of the molecule is Cn1cc(C2CN(C(=O)CC(N)c3ccccc3)CCO2)cn1. The smallest absolute Gasteiger partial charge is 0.224 e. The second-order valence-electron chi connectivity index (χ2n) is 5.87. The number of ether oxygens (including phenoxy) is 1. The fourth-order valence-electron chi connectivity index (χ4n) is 2.82. The Labute approximate surface area is 135 Å². The van der Waals surface area contributed by atoms with Gasteiger partial charge < -0.3 is 15.4 Å². The maximum atomic E-state index is 12.5. The van der Waals surface area contributed by atoms with Crippen LogP contribution in [0.15, 0.2) is 42.7 Å².